The normalized spacial score (nSPS) is 10.2. The Kier molecular flexibility index (Phi) is 3.90. The van der Waals surface area contributed by atoms with Crippen molar-refractivity contribution in [1.82, 2.24) is 0 Å². The molecule has 1 heterocycles. The number of nitro groups is 1. The van der Waals surface area contributed by atoms with Crippen LogP contribution in [0.3, 0.4) is 0 Å². The molecule has 2 N–H and O–H groups in total. The minimum absolute atomic E-state index is 0.0342. The van der Waals surface area contributed by atoms with Gasteiger partial charge >= 0.3 is 5.97 Å². The van der Waals surface area contributed by atoms with Crippen LogP contribution in [-0.4, -0.2) is 16.0 Å². The molecule has 0 aliphatic rings. The lowest BCUT2D eigenvalue weighted by Gasteiger charge is -2.06. The standard InChI is InChI=1S/C12H9ClN2O5/c13-10-2-1-8(15(18)19)4-11(10)14-5-9-3-7(6-20-9)12(16)17/h1-4,6,14H,5H2,(H,16,17). The Morgan fingerprint density at radius 1 is 1.45 bits per heavy atom. The van der Waals surface area contributed by atoms with Crippen molar-refractivity contribution in [3.05, 3.63) is 57.0 Å². The van der Waals surface area contributed by atoms with Crippen LogP contribution < -0.4 is 5.32 Å². The molecule has 0 aliphatic heterocycles. The Hall–Kier alpha value is -2.54. The highest BCUT2D eigenvalue weighted by atomic mass is 35.5. The van der Waals surface area contributed by atoms with E-state index in [1.807, 2.05) is 0 Å². The SMILES string of the molecule is O=C(O)c1coc(CNc2cc([N+](=O)[O-])ccc2Cl)c1. The van der Waals surface area contributed by atoms with Crippen molar-refractivity contribution in [3.63, 3.8) is 0 Å². The van der Waals surface area contributed by atoms with Crippen LogP contribution in [0.1, 0.15) is 16.1 Å². The number of rotatable bonds is 5. The lowest BCUT2D eigenvalue weighted by atomic mass is 10.2. The molecule has 0 saturated carbocycles. The number of aromatic carboxylic acids is 1. The van der Waals surface area contributed by atoms with E-state index in [-0.39, 0.29) is 17.8 Å². The topological polar surface area (TPSA) is 106 Å². The van der Waals surface area contributed by atoms with E-state index in [2.05, 4.69) is 5.32 Å². The molecule has 20 heavy (non-hydrogen) atoms. The van der Waals surface area contributed by atoms with E-state index in [0.717, 1.165) is 6.26 Å². The number of carbonyl (C=O) groups is 1. The number of carboxylic acids is 1. The van der Waals surface area contributed by atoms with Crippen LogP contribution in [-0.2, 0) is 6.54 Å². The molecule has 0 atom stereocenters. The van der Waals surface area contributed by atoms with Crippen molar-refractivity contribution >= 4 is 28.9 Å². The molecule has 7 nitrogen and oxygen atoms in total. The molecular formula is C12H9ClN2O5. The zero-order chi connectivity index (χ0) is 14.7. The molecule has 1 aromatic heterocycles. The maximum absolute atomic E-state index is 10.7. The van der Waals surface area contributed by atoms with Crippen LogP contribution in [0.5, 0.6) is 0 Å². The number of carboxylic acid groups (broad SMARTS) is 1. The van der Waals surface area contributed by atoms with Crippen molar-refractivity contribution in [1.29, 1.82) is 0 Å². The van der Waals surface area contributed by atoms with Gasteiger partial charge in [0.2, 0.25) is 0 Å². The van der Waals surface area contributed by atoms with Gasteiger partial charge in [-0.15, -0.1) is 0 Å². The zero-order valence-electron chi connectivity index (χ0n) is 10.00. The van der Waals surface area contributed by atoms with E-state index in [4.69, 9.17) is 21.1 Å². The second-order valence-corrected chi connectivity index (χ2v) is 4.29. The minimum Gasteiger partial charge on any atom is -0.478 e. The van der Waals surface area contributed by atoms with Gasteiger partial charge in [0.1, 0.15) is 12.0 Å². The number of halogens is 1. The number of non-ortho nitro benzene ring substituents is 1. The van der Waals surface area contributed by atoms with Gasteiger partial charge in [-0.2, -0.15) is 0 Å². The summed E-state index contributed by atoms with van der Waals surface area (Å²) in [4.78, 5) is 20.8. The second-order valence-electron chi connectivity index (χ2n) is 3.88. The second kappa shape index (κ2) is 5.62. The summed E-state index contributed by atoms with van der Waals surface area (Å²) in [5, 5.41) is 22.6. The number of benzene rings is 1. The highest BCUT2D eigenvalue weighted by Crippen LogP contribution is 2.27. The van der Waals surface area contributed by atoms with Gasteiger partial charge in [0.05, 0.1) is 27.7 Å². The van der Waals surface area contributed by atoms with Gasteiger partial charge in [-0.05, 0) is 12.1 Å². The number of hydrogen-bond acceptors (Lipinski definition) is 5. The average molecular weight is 297 g/mol. The summed E-state index contributed by atoms with van der Waals surface area (Å²) >= 11 is 5.91. The van der Waals surface area contributed by atoms with Crippen LogP contribution in [0.15, 0.2) is 34.9 Å². The lowest BCUT2D eigenvalue weighted by Crippen LogP contribution is -2.00. The van der Waals surface area contributed by atoms with E-state index in [9.17, 15) is 14.9 Å². The van der Waals surface area contributed by atoms with Crippen LogP contribution in [0.4, 0.5) is 11.4 Å². The summed E-state index contributed by atoms with van der Waals surface area (Å²) in [6.07, 6.45) is 1.12. The molecule has 1 aromatic carbocycles. The maximum Gasteiger partial charge on any atom is 0.338 e. The average Bonchev–Trinajstić information content (AvgIpc) is 2.86. The number of nitro benzene ring substituents is 1. The van der Waals surface area contributed by atoms with Crippen LogP contribution in [0.25, 0.3) is 0 Å². The third kappa shape index (κ3) is 3.07. The predicted molar refractivity (Wildman–Crippen MR) is 71.1 cm³/mol. The third-order valence-electron chi connectivity index (χ3n) is 2.51. The van der Waals surface area contributed by atoms with Crippen LogP contribution in [0, 0.1) is 10.1 Å². The predicted octanol–water partition coefficient (Wildman–Crippen LogP) is 3.15. The quantitative estimate of drug-likeness (QED) is 0.648. The number of anilines is 1. The molecule has 2 rings (SSSR count). The molecular weight excluding hydrogens is 288 g/mol. The highest BCUT2D eigenvalue weighted by molar-refractivity contribution is 6.33. The number of hydrogen-bond donors (Lipinski definition) is 2. The third-order valence-corrected chi connectivity index (χ3v) is 2.84. The molecule has 0 amide bonds. The Labute approximate surface area is 117 Å². The van der Waals surface area contributed by atoms with Gasteiger partial charge in [0.15, 0.2) is 0 Å². The van der Waals surface area contributed by atoms with E-state index in [0.29, 0.717) is 16.5 Å². The van der Waals surface area contributed by atoms with E-state index in [1.165, 1.54) is 24.3 Å². The first-order valence-electron chi connectivity index (χ1n) is 5.46. The first-order valence-corrected chi connectivity index (χ1v) is 5.83. The first kappa shape index (κ1) is 13.9. The summed E-state index contributed by atoms with van der Waals surface area (Å²) in [7, 11) is 0. The largest absolute Gasteiger partial charge is 0.478 e. The Balaban J connectivity index is 2.11. The van der Waals surface area contributed by atoms with Gasteiger partial charge in [0.25, 0.3) is 5.69 Å². The molecule has 0 aliphatic carbocycles. The van der Waals surface area contributed by atoms with Gasteiger partial charge < -0.3 is 14.8 Å². The Morgan fingerprint density at radius 2 is 2.20 bits per heavy atom. The summed E-state index contributed by atoms with van der Waals surface area (Å²) in [6, 6.07) is 5.36. The van der Waals surface area contributed by atoms with Crippen molar-refractivity contribution in [2.45, 2.75) is 6.54 Å². The van der Waals surface area contributed by atoms with Gasteiger partial charge in [-0.25, -0.2) is 4.79 Å². The molecule has 8 heteroatoms. The Bertz CT molecular complexity index is 668. The molecule has 0 unspecified atom stereocenters. The fraction of sp³-hybridized carbons (Fsp3) is 0.0833. The number of nitrogens with one attached hydrogen (secondary N) is 1. The summed E-state index contributed by atoms with van der Waals surface area (Å²) in [5.41, 5.74) is 0.309. The Morgan fingerprint density at radius 3 is 2.80 bits per heavy atom. The summed E-state index contributed by atoms with van der Waals surface area (Å²) < 4.78 is 5.04. The molecule has 0 spiro atoms. The molecule has 104 valence electrons. The van der Waals surface area contributed by atoms with Gasteiger partial charge in [0, 0.05) is 12.1 Å². The van der Waals surface area contributed by atoms with Crippen LogP contribution in [0.2, 0.25) is 5.02 Å². The van der Waals surface area contributed by atoms with E-state index >= 15 is 0 Å². The van der Waals surface area contributed by atoms with Crippen molar-refractivity contribution in [2.24, 2.45) is 0 Å². The van der Waals surface area contributed by atoms with Crippen molar-refractivity contribution in [3.8, 4) is 0 Å². The number of nitrogens with zero attached hydrogens (tertiary/aromatic N) is 1. The fourth-order valence-corrected chi connectivity index (χ4v) is 1.71. The minimum atomic E-state index is -1.09. The van der Waals surface area contributed by atoms with Gasteiger partial charge in [-0.3, -0.25) is 10.1 Å². The van der Waals surface area contributed by atoms with Crippen LogP contribution >= 0.6 is 11.6 Å². The molecule has 0 fully saturated rings. The first-order chi connectivity index (χ1) is 9.47. The highest BCUT2D eigenvalue weighted by Gasteiger charge is 2.11. The van der Waals surface area contributed by atoms with Crippen molar-refractivity contribution < 1.29 is 19.2 Å². The summed E-state index contributed by atoms with van der Waals surface area (Å²) in [6.45, 7) is 0.161. The molecule has 0 bridgehead atoms. The smallest absolute Gasteiger partial charge is 0.338 e. The molecule has 2 aromatic rings. The maximum atomic E-state index is 10.7. The van der Waals surface area contributed by atoms with E-state index in [1.54, 1.807) is 0 Å². The fourth-order valence-electron chi connectivity index (χ4n) is 1.53. The zero-order valence-corrected chi connectivity index (χ0v) is 10.8. The van der Waals surface area contributed by atoms with Crippen molar-refractivity contribution in [2.75, 3.05) is 5.32 Å². The monoisotopic (exact) mass is 296 g/mol. The van der Waals surface area contributed by atoms with E-state index < -0.39 is 10.9 Å². The number of furan rings is 1. The lowest BCUT2D eigenvalue weighted by molar-refractivity contribution is -0.384. The van der Waals surface area contributed by atoms with Gasteiger partial charge in [-0.1, -0.05) is 11.6 Å². The summed E-state index contributed by atoms with van der Waals surface area (Å²) in [5.74, 6) is -0.710. The molecule has 0 radical (unpaired) electrons. The molecule has 0 saturated heterocycles.